The van der Waals surface area contributed by atoms with Crippen LogP contribution in [0.3, 0.4) is 0 Å². The van der Waals surface area contributed by atoms with Crippen LogP contribution in [0.15, 0.2) is 65.6 Å². The Bertz CT molecular complexity index is 1430. The molecule has 0 bridgehead atoms. The third-order valence-corrected chi connectivity index (χ3v) is 5.95. The van der Waals surface area contributed by atoms with Crippen LogP contribution in [-0.4, -0.2) is 31.8 Å². The number of aryl methyl sites for hydroxylation is 1. The molecule has 3 rings (SSSR count). The SMILES string of the molecule is Cc1ccc(NC(=O)COC(=O)c2cccc(NS(=O)(=O)c3ccc(F)c(F)c3)c2)cc1[N+](=O)[O-]. The summed E-state index contributed by atoms with van der Waals surface area (Å²) < 4.78 is 58.3. The van der Waals surface area contributed by atoms with Crippen molar-refractivity contribution in [3.8, 4) is 0 Å². The zero-order chi connectivity index (χ0) is 25.8. The molecule has 0 radical (unpaired) electrons. The highest BCUT2D eigenvalue weighted by Gasteiger charge is 2.18. The van der Waals surface area contributed by atoms with Crippen molar-refractivity contribution in [2.24, 2.45) is 0 Å². The minimum atomic E-state index is -4.29. The number of esters is 1. The molecule has 0 spiro atoms. The zero-order valence-electron chi connectivity index (χ0n) is 17.9. The van der Waals surface area contributed by atoms with Crippen LogP contribution in [0.25, 0.3) is 0 Å². The number of hydrogen-bond donors (Lipinski definition) is 2. The monoisotopic (exact) mass is 505 g/mol. The normalized spacial score (nSPS) is 10.9. The van der Waals surface area contributed by atoms with Crippen molar-refractivity contribution in [1.82, 2.24) is 0 Å². The molecule has 2 N–H and O–H groups in total. The van der Waals surface area contributed by atoms with Gasteiger partial charge in [0.15, 0.2) is 18.2 Å². The van der Waals surface area contributed by atoms with E-state index in [1.54, 1.807) is 0 Å². The lowest BCUT2D eigenvalue weighted by molar-refractivity contribution is -0.385. The quantitative estimate of drug-likeness (QED) is 0.269. The number of hydrogen-bond acceptors (Lipinski definition) is 7. The van der Waals surface area contributed by atoms with Crippen LogP contribution >= 0.6 is 0 Å². The Hall–Kier alpha value is -4.39. The van der Waals surface area contributed by atoms with Gasteiger partial charge in [-0.05, 0) is 49.4 Å². The van der Waals surface area contributed by atoms with E-state index in [9.17, 15) is 36.9 Å². The Balaban J connectivity index is 1.63. The molecule has 0 saturated carbocycles. The van der Waals surface area contributed by atoms with Crippen molar-refractivity contribution in [1.29, 1.82) is 0 Å². The van der Waals surface area contributed by atoms with Crippen LogP contribution in [0.2, 0.25) is 0 Å². The number of halogens is 2. The lowest BCUT2D eigenvalue weighted by Crippen LogP contribution is -2.21. The third kappa shape index (κ3) is 6.35. The first-order valence-corrected chi connectivity index (χ1v) is 11.2. The van der Waals surface area contributed by atoms with Gasteiger partial charge in [0.25, 0.3) is 21.6 Å². The molecule has 35 heavy (non-hydrogen) atoms. The maximum Gasteiger partial charge on any atom is 0.338 e. The summed E-state index contributed by atoms with van der Waals surface area (Å²) in [6.07, 6.45) is 0. The van der Waals surface area contributed by atoms with Crippen molar-refractivity contribution in [3.05, 3.63) is 93.5 Å². The van der Waals surface area contributed by atoms with Gasteiger partial charge in [-0.2, -0.15) is 0 Å². The lowest BCUT2D eigenvalue weighted by atomic mass is 10.2. The molecule has 1 amide bonds. The van der Waals surface area contributed by atoms with E-state index in [-0.39, 0.29) is 22.6 Å². The lowest BCUT2D eigenvalue weighted by Gasteiger charge is -2.10. The molecular formula is C22H17F2N3O7S. The highest BCUT2D eigenvalue weighted by molar-refractivity contribution is 7.92. The fourth-order valence-corrected chi connectivity index (χ4v) is 3.92. The summed E-state index contributed by atoms with van der Waals surface area (Å²) in [5, 5.41) is 13.4. The van der Waals surface area contributed by atoms with Crippen LogP contribution in [0.1, 0.15) is 15.9 Å². The van der Waals surface area contributed by atoms with Crippen molar-refractivity contribution in [2.45, 2.75) is 11.8 Å². The molecule has 182 valence electrons. The number of benzene rings is 3. The second-order valence-electron chi connectivity index (χ2n) is 7.14. The fraction of sp³-hybridized carbons (Fsp3) is 0.0909. The first-order valence-electron chi connectivity index (χ1n) is 9.76. The predicted molar refractivity (Wildman–Crippen MR) is 120 cm³/mol. The van der Waals surface area contributed by atoms with Crippen LogP contribution in [-0.2, 0) is 19.6 Å². The largest absolute Gasteiger partial charge is 0.452 e. The number of sulfonamides is 1. The van der Waals surface area contributed by atoms with Crippen LogP contribution in [0.5, 0.6) is 0 Å². The number of rotatable bonds is 8. The van der Waals surface area contributed by atoms with Crippen molar-refractivity contribution < 1.29 is 36.4 Å². The van der Waals surface area contributed by atoms with Gasteiger partial charge < -0.3 is 10.1 Å². The van der Waals surface area contributed by atoms with E-state index in [0.717, 1.165) is 18.2 Å². The minimum Gasteiger partial charge on any atom is -0.452 e. The Morgan fingerprint density at radius 3 is 2.43 bits per heavy atom. The number of amides is 1. The number of nitro benzene ring substituents is 1. The number of carbonyl (C=O) groups excluding carboxylic acids is 2. The molecule has 0 aliphatic rings. The van der Waals surface area contributed by atoms with E-state index in [0.29, 0.717) is 17.7 Å². The first-order chi connectivity index (χ1) is 16.5. The van der Waals surface area contributed by atoms with Crippen LogP contribution < -0.4 is 10.0 Å². The van der Waals surface area contributed by atoms with E-state index >= 15 is 0 Å². The molecule has 0 aromatic heterocycles. The number of ether oxygens (including phenoxy) is 1. The molecule has 13 heteroatoms. The second kappa shape index (κ2) is 10.3. The van der Waals surface area contributed by atoms with Gasteiger partial charge in [0, 0.05) is 23.0 Å². The van der Waals surface area contributed by atoms with E-state index in [2.05, 4.69) is 10.0 Å². The van der Waals surface area contributed by atoms with Gasteiger partial charge in [-0.15, -0.1) is 0 Å². The topological polar surface area (TPSA) is 145 Å². The molecule has 0 fully saturated rings. The van der Waals surface area contributed by atoms with E-state index < -0.39 is 50.0 Å². The summed E-state index contributed by atoms with van der Waals surface area (Å²) in [4.78, 5) is 34.2. The van der Waals surface area contributed by atoms with E-state index in [4.69, 9.17) is 4.74 Å². The maximum absolute atomic E-state index is 13.4. The number of anilines is 2. The standard InChI is InChI=1S/C22H17F2N3O7S/c1-13-5-6-15(10-20(13)27(30)31)25-21(28)12-34-22(29)14-3-2-4-16(9-14)26-35(32,33)17-7-8-18(23)19(24)11-17/h2-11,26H,12H2,1H3,(H,25,28). The summed E-state index contributed by atoms with van der Waals surface area (Å²) >= 11 is 0. The molecule has 0 heterocycles. The molecule has 0 unspecified atom stereocenters. The molecule has 3 aromatic rings. The third-order valence-electron chi connectivity index (χ3n) is 4.58. The van der Waals surface area contributed by atoms with Crippen LogP contribution in [0.4, 0.5) is 25.8 Å². The average molecular weight is 505 g/mol. The molecule has 0 aliphatic carbocycles. The summed E-state index contributed by atoms with van der Waals surface area (Å²) in [6.45, 7) is 0.822. The Labute approximate surface area is 197 Å². The summed E-state index contributed by atoms with van der Waals surface area (Å²) in [5.41, 5.74) is 0.175. The molecule has 10 nitrogen and oxygen atoms in total. The Morgan fingerprint density at radius 1 is 1.00 bits per heavy atom. The number of nitrogens with one attached hydrogen (secondary N) is 2. The molecule has 0 saturated heterocycles. The second-order valence-corrected chi connectivity index (χ2v) is 8.83. The van der Waals surface area contributed by atoms with Gasteiger partial charge in [0.1, 0.15) is 0 Å². The minimum absolute atomic E-state index is 0.0689. The van der Waals surface area contributed by atoms with E-state index in [1.165, 1.54) is 37.3 Å². The maximum atomic E-state index is 13.4. The molecule has 0 aliphatic heterocycles. The van der Waals surface area contributed by atoms with Gasteiger partial charge in [-0.1, -0.05) is 12.1 Å². The molecule has 3 aromatic carbocycles. The smallest absolute Gasteiger partial charge is 0.338 e. The van der Waals surface area contributed by atoms with Gasteiger partial charge in [0.2, 0.25) is 0 Å². The van der Waals surface area contributed by atoms with Crippen molar-refractivity contribution in [3.63, 3.8) is 0 Å². The number of nitrogens with zero attached hydrogens (tertiary/aromatic N) is 1. The van der Waals surface area contributed by atoms with E-state index in [1.807, 2.05) is 0 Å². The van der Waals surface area contributed by atoms with Gasteiger partial charge in [-0.25, -0.2) is 22.0 Å². The van der Waals surface area contributed by atoms with Gasteiger partial charge in [-0.3, -0.25) is 19.6 Å². The van der Waals surface area contributed by atoms with Gasteiger partial charge >= 0.3 is 5.97 Å². The Kier molecular flexibility index (Phi) is 7.40. The summed E-state index contributed by atoms with van der Waals surface area (Å²) in [6, 6.07) is 11.2. The molecule has 0 atom stereocenters. The average Bonchev–Trinajstić information content (AvgIpc) is 2.80. The predicted octanol–water partition coefficient (Wildman–Crippen LogP) is 3.78. The Morgan fingerprint density at radius 2 is 1.74 bits per heavy atom. The van der Waals surface area contributed by atoms with Crippen molar-refractivity contribution >= 4 is 39.0 Å². The zero-order valence-corrected chi connectivity index (χ0v) is 18.8. The number of nitro groups is 1. The highest BCUT2D eigenvalue weighted by Crippen LogP contribution is 2.22. The summed E-state index contributed by atoms with van der Waals surface area (Å²) in [5.74, 6) is -4.27. The van der Waals surface area contributed by atoms with Gasteiger partial charge in [0.05, 0.1) is 15.4 Å². The fourth-order valence-electron chi connectivity index (χ4n) is 2.86. The highest BCUT2D eigenvalue weighted by atomic mass is 32.2. The first kappa shape index (κ1) is 25.2. The molecular weight excluding hydrogens is 488 g/mol. The number of carbonyl (C=O) groups is 2. The van der Waals surface area contributed by atoms with Crippen LogP contribution in [0, 0.1) is 28.7 Å². The summed E-state index contributed by atoms with van der Waals surface area (Å²) in [7, 11) is -4.29. The van der Waals surface area contributed by atoms with Crippen molar-refractivity contribution in [2.75, 3.05) is 16.6 Å².